The number of aliphatic hydroxyl groups is 1. The third-order valence-corrected chi connectivity index (χ3v) is 3.38. The molecule has 0 saturated carbocycles. The van der Waals surface area contributed by atoms with Gasteiger partial charge in [0.05, 0.1) is 12.6 Å². The summed E-state index contributed by atoms with van der Waals surface area (Å²) in [5.41, 5.74) is 4.49. The number of aliphatic hydroxyl groups excluding tert-OH is 1. The van der Waals surface area contributed by atoms with Crippen molar-refractivity contribution in [2.75, 3.05) is 13.2 Å². The van der Waals surface area contributed by atoms with Crippen LogP contribution in [0.4, 0.5) is 0 Å². The first kappa shape index (κ1) is 13.8. The Morgan fingerprint density at radius 1 is 1.53 bits per heavy atom. The number of oxime groups is 1. The van der Waals surface area contributed by atoms with E-state index in [1.807, 2.05) is 0 Å². The van der Waals surface area contributed by atoms with Crippen LogP contribution in [0.15, 0.2) is 5.16 Å². The maximum absolute atomic E-state index is 12.3. The van der Waals surface area contributed by atoms with Crippen molar-refractivity contribution in [3.05, 3.63) is 0 Å². The van der Waals surface area contributed by atoms with Gasteiger partial charge in [-0.1, -0.05) is 5.16 Å². The number of piperidine rings is 1. The Labute approximate surface area is 101 Å². The van der Waals surface area contributed by atoms with Crippen molar-refractivity contribution in [3.63, 3.8) is 0 Å². The molecule has 0 aromatic rings. The van der Waals surface area contributed by atoms with Crippen molar-refractivity contribution in [1.82, 2.24) is 4.90 Å². The van der Waals surface area contributed by atoms with E-state index in [-0.39, 0.29) is 24.4 Å². The molecule has 1 amide bonds. The minimum absolute atomic E-state index is 0.0437. The smallest absolute Gasteiger partial charge is 0.236 e. The van der Waals surface area contributed by atoms with E-state index < -0.39 is 5.41 Å². The minimum atomic E-state index is -1.04. The van der Waals surface area contributed by atoms with Crippen LogP contribution >= 0.6 is 0 Å². The lowest BCUT2D eigenvalue weighted by Crippen LogP contribution is -2.54. The maximum Gasteiger partial charge on any atom is 0.236 e. The first-order valence-electron chi connectivity index (χ1n) is 5.85. The van der Waals surface area contributed by atoms with Crippen LogP contribution in [0.1, 0.15) is 33.1 Å². The van der Waals surface area contributed by atoms with Gasteiger partial charge >= 0.3 is 0 Å². The summed E-state index contributed by atoms with van der Waals surface area (Å²) in [5.74, 6) is -0.309. The Morgan fingerprint density at radius 2 is 2.18 bits per heavy atom. The van der Waals surface area contributed by atoms with E-state index in [0.717, 1.165) is 19.3 Å². The van der Waals surface area contributed by atoms with E-state index in [1.54, 1.807) is 18.7 Å². The number of nitrogens with zero attached hydrogens (tertiary/aromatic N) is 2. The molecule has 6 nitrogen and oxygen atoms in total. The zero-order chi connectivity index (χ0) is 13.1. The number of carbonyl (C=O) groups excluding carboxylic acids is 1. The van der Waals surface area contributed by atoms with Crippen LogP contribution in [0.25, 0.3) is 0 Å². The van der Waals surface area contributed by atoms with Gasteiger partial charge in [0.25, 0.3) is 0 Å². The molecule has 1 rings (SSSR count). The molecule has 98 valence electrons. The molecule has 0 radical (unpaired) electrons. The van der Waals surface area contributed by atoms with Gasteiger partial charge in [0, 0.05) is 6.54 Å². The lowest BCUT2D eigenvalue weighted by Gasteiger charge is -2.39. The van der Waals surface area contributed by atoms with Gasteiger partial charge < -0.3 is 20.9 Å². The number of amidine groups is 1. The second-order valence-electron chi connectivity index (χ2n) is 4.94. The summed E-state index contributed by atoms with van der Waals surface area (Å²) in [7, 11) is 0. The molecule has 1 saturated heterocycles. The Morgan fingerprint density at radius 3 is 2.71 bits per heavy atom. The Bertz CT molecular complexity index is 315. The van der Waals surface area contributed by atoms with E-state index in [4.69, 9.17) is 10.9 Å². The number of rotatable bonds is 3. The molecule has 0 bridgehead atoms. The van der Waals surface area contributed by atoms with Crippen molar-refractivity contribution >= 4 is 11.7 Å². The van der Waals surface area contributed by atoms with E-state index in [0.29, 0.717) is 6.54 Å². The molecular formula is C11H21N3O3. The van der Waals surface area contributed by atoms with Crippen LogP contribution in [0.2, 0.25) is 0 Å². The maximum atomic E-state index is 12.3. The van der Waals surface area contributed by atoms with Gasteiger partial charge in [-0.3, -0.25) is 4.79 Å². The molecule has 0 spiro atoms. The standard InChI is InChI=1S/C11H21N3O3/c1-11(2,9(12)13-17)10(16)14-6-4-3-5-8(14)7-15/h8,15,17H,3-7H2,1-2H3,(H2,12,13). The fourth-order valence-corrected chi connectivity index (χ4v) is 2.05. The topological polar surface area (TPSA) is 99.2 Å². The molecule has 1 fully saturated rings. The van der Waals surface area contributed by atoms with Crippen molar-refractivity contribution < 1.29 is 15.1 Å². The third-order valence-electron chi connectivity index (χ3n) is 3.38. The highest BCUT2D eigenvalue weighted by Crippen LogP contribution is 2.25. The Balaban J connectivity index is 2.87. The summed E-state index contributed by atoms with van der Waals surface area (Å²) in [6.45, 7) is 3.81. The van der Waals surface area contributed by atoms with Crippen LogP contribution in [0.3, 0.4) is 0 Å². The summed E-state index contributed by atoms with van der Waals surface area (Å²) >= 11 is 0. The largest absolute Gasteiger partial charge is 0.409 e. The Kier molecular flexibility index (Phi) is 4.34. The molecule has 17 heavy (non-hydrogen) atoms. The zero-order valence-corrected chi connectivity index (χ0v) is 10.4. The average Bonchev–Trinajstić information content (AvgIpc) is 2.36. The second kappa shape index (κ2) is 5.35. The quantitative estimate of drug-likeness (QED) is 0.284. The molecule has 1 unspecified atom stereocenters. The van der Waals surface area contributed by atoms with Gasteiger partial charge in [-0.25, -0.2) is 0 Å². The molecule has 0 aliphatic carbocycles. The summed E-state index contributed by atoms with van der Waals surface area (Å²) in [6, 6.07) is -0.151. The SMILES string of the molecule is CC(C)(C(=O)N1CCCCC1CO)C(N)=NO. The predicted octanol–water partition coefficient (Wildman–Crippen LogP) is 0.132. The summed E-state index contributed by atoms with van der Waals surface area (Å²) < 4.78 is 0. The van der Waals surface area contributed by atoms with Crippen molar-refractivity contribution in [3.8, 4) is 0 Å². The summed E-state index contributed by atoms with van der Waals surface area (Å²) in [6.07, 6.45) is 2.74. The minimum Gasteiger partial charge on any atom is -0.409 e. The van der Waals surface area contributed by atoms with Crippen molar-refractivity contribution in [2.24, 2.45) is 16.3 Å². The van der Waals surface area contributed by atoms with E-state index in [1.165, 1.54) is 0 Å². The number of hydrogen-bond acceptors (Lipinski definition) is 4. The molecule has 1 heterocycles. The highest BCUT2D eigenvalue weighted by molar-refractivity contribution is 6.06. The van der Waals surface area contributed by atoms with Gasteiger partial charge in [0.2, 0.25) is 5.91 Å². The molecular weight excluding hydrogens is 222 g/mol. The number of hydrogen-bond donors (Lipinski definition) is 3. The fourth-order valence-electron chi connectivity index (χ4n) is 2.05. The monoisotopic (exact) mass is 243 g/mol. The van der Waals surface area contributed by atoms with Crippen LogP contribution in [-0.2, 0) is 4.79 Å². The number of likely N-dealkylation sites (tertiary alicyclic amines) is 1. The highest BCUT2D eigenvalue weighted by Gasteiger charge is 2.39. The van der Waals surface area contributed by atoms with Crippen molar-refractivity contribution in [1.29, 1.82) is 0 Å². The van der Waals surface area contributed by atoms with Gasteiger partial charge in [-0.2, -0.15) is 0 Å². The summed E-state index contributed by atoms with van der Waals surface area (Å²) in [4.78, 5) is 14.0. The first-order chi connectivity index (χ1) is 7.95. The normalized spacial score (nSPS) is 22.6. The van der Waals surface area contributed by atoms with Crippen LogP contribution in [0.5, 0.6) is 0 Å². The van der Waals surface area contributed by atoms with Gasteiger partial charge in [-0.05, 0) is 33.1 Å². The predicted molar refractivity (Wildman–Crippen MR) is 63.6 cm³/mol. The zero-order valence-electron chi connectivity index (χ0n) is 10.4. The molecule has 1 aliphatic heterocycles. The van der Waals surface area contributed by atoms with E-state index in [9.17, 15) is 9.90 Å². The summed E-state index contributed by atoms with van der Waals surface area (Å²) in [5, 5.41) is 20.9. The molecule has 1 atom stereocenters. The number of carbonyl (C=O) groups is 1. The van der Waals surface area contributed by atoms with Gasteiger partial charge in [0.15, 0.2) is 5.84 Å². The fraction of sp³-hybridized carbons (Fsp3) is 0.818. The number of amides is 1. The second-order valence-corrected chi connectivity index (χ2v) is 4.94. The molecule has 6 heteroatoms. The van der Waals surface area contributed by atoms with E-state index in [2.05, 4.69) is 5.16 Å². The third kappa shape index (κ3) is 2.69. The van der Waals surface area contributed by atoms with E-state index >= 15 is 0 Å². The van der Waals surface area contributed by atoms with Gasteiger partial charge in [-0.15, -0.1) is 0 Å². The number of nitrogens with two attached hydrogens (primary N) is 1. The van der Waals surface area contributed by atoms with Crippen molar-refractivity contribution in [2.45, 2.75) is 39.2 Å². The molecule has 4 N–H and O–H groups in total. The Hall–Kier alpha value is -1.30. The van der Waals surface area contributed by atoms with Crippen LogP contribution < -0.4 is 5.73 Å². The van der Waals surface area contributed by atoms with Crippen LogP contribution in [0, 0.1) is 5.41 Å². The lowest BCUT2D eigenvalue weighted by molar-refractivity contribution is -0.142. The molecule has 1 aliphatic rings. The molecule has 0 aromatic carbocycles. The average molecular weight is 243 g/mol. The highest BCUT2D eigenvalue weighted by atomic mass is 16.4. The lowest BCUT2D eigenvalue weighted by atomic mass is 9.88. The first-order valence-corrected chi connectivity index (χ1v) is 5.85. The van der Waals surface area contributed by atoms with Gasteiger partial charge in [0.1, 0.15) is 5.41 Å². The van der Waals surface area contributed by atoms with Crippen LogP contribution in [-0.4, -0.2) is 46.1 Å². The molecule has 0 aromatic heterocycles.